The third-order valence-electron chi connectivity index (χ3n) is 2.62. The van der Waals surface area contributed by atoms with Crippen LogP contribution in [0.5, 0.6) is 5.75 Å². The van der Waals surface area contributed by atoms with Gasteiger partial charge in [0.05, 0.1) is 18.5 Å². The maximum atomic E-state index is 13.0. The topological polar surface area (TPSA) is 47.3 Å². The van der Waals surface area contributed by atoms with Crippen LogP contribution in [-0.4, -0.2) is 27.9 Å². The molecule has 1 aromatic carbocycles. The first kappa shape index (κ1) is 14.4. The van der Waals surface area contributed by atoms with Crippen LogP contribution in [0, 0.1) is 0 Å². The first-order chi connectivity index (χ1) is 9.50. The van der Waals surface area contributed by atoms with Crippen LogP contribution in [0.3, 0.4) is 0 Å². The highest BCUT2D eigenvalue weighted by Gasteiger charge is 2.34. The van der Waals surface area contributed by atoms with E-state index >= 15 is 0 Å². The molecular weight excluding hydrogens is 273 g/mol. The number of aliphatic hydroxyl groups is 1. The van der Waals surface area contributed by atoms with Crippen molar-refractivity contribution in [3.05, 3.63) is 48.0 Å². The Morgan fingerprint density at radius 1 is 1.30 bits per heavy atom. The molecule has 2 rings (SSSR count). The average Bonchev–Trinajstić information content (AvgIpc) is 2.89. The van der Waals surface area contributed by atoms with Crippen molar-refractivity contribution in [1.82, 2.24) is 9.55 Å². The molecule has 0 aliphatic carbocycles. The fourth-order valence-electron chi connectivity index (χ4n) is 1.77. The van der Waals surface area contributed by atoms with Gasteiger partial charge in [-0.1, -0.05) is 6.07 Å². The fraction of sp³-hybridized carbons (Fsp3) is 0.308. The maximum absolute atomic E-state index is 13.0. The van der Waals surface area contributed by atoms with E-state index in [1.54, 1.807) is 23.0 Å². The molecule has 0 bridgehead atoms. The number of halogens is 3. The van der Waals surface area contributed by atoms with E-state index in [1.165, 1.54) is 12.4 Å². The monoisotopic (exact) mass is 286 g/mol. The standard InChI is InChI=1S/C13H13F3N2O2/c14-13(15,16)11-7-10(8-18-4-3-17-9-18)1-2-12(11)20-6-5-19/h1-4,7,9,19H,5-6,8H2. The lowest BCUT2D eigenvalue weighted by atomic mass is 10.1. The first-order valence-corrected chi connectivity index (χ1v) is 5.90. The molecule has 20 heavy (non-hydrogen) atoms. The van der Waals surface area contributed by atoms with Crippen LogP contribution >= 0.6 is 0 Å². The molecule has 0 unspecified atom stereocenters. The molecule has 4 nitrogen and oxygen atoms in total. The molecule has 0 atom stereocenters. The molecule has 1 N–H and O–H groups in total. The third-order valence-corrected chi connectivity index (χ3v) is 2.62. The SMILES string of the molecule is OCCOc1ccc(Cn2ccnc2)cc1C(F)(F)F. The van der Waals surface area contributed by atoms with Gasteiger partial charge < -0.3 is 14.4 Å². The van der Waals surface area contributed by atoms with Gasteiger partial charge in [0, 0.05) is 18.9 Å². The summed E-state index contributed by atoms with van der Waals surface area (Å²) >= 11 is 0. The average molecular weight is 286 g/mol. The number of rotatable bonds is 5. The summed E-state index contributed by atoms with van der Waals surface area (Å²) in [6.07, 6.45) is 0.256. The van der Waals surface area contributed by atoms with Crippen molar-refractivity contribution in [2.45, 2.75) is 12.7 Å². The van der Waals surface area contributed by atoms with Crippen molar-refractivity contribution in [2.75, 3.05) is 13.2 Å². The molecule has 1 aromatic heterocycles. The van der Waals surface area contributed by atoms with Gasteiger partial charge in [0.1, 0.15) is 12.4 Å². The van der Waals surface area contributed by atoms with Crippen molar-refractivity contribution < 1.29 is 23.0 Å². The molecule has 0 saturated heterocycles. The van der Waals surface area contributed by atoms with Crippen LogP contribution < -0.4 is 4.74 Å². The van der Waals surface area contributed by atoms with Crippen molar-refractivity contribution in [3.63, 3.8) is 0 Å². The Kier molecular flexibility index (Phi) is 4.29. The van der Waals surface area contributed by atoms with E-state index in [0.29, 0.717) is 12.1 Å². The van der Waals surface area contributed by atoms with E-state index < -0.39 is 11.7 Å². The van der Waals surface area contributed by atoms with E-state index in [2.05, 4.69) is 4.98 Å². The van der Waals surface area contributed by atoms with Crippen LogP contribution in [-0.2, 0) is 12.7 Å². The Bertz CT molecular complexity index is 553. The Balaban J connectivity index is 2.28. The highest BCUT2D eigenvalue weighted by atomic mass is 19.4. The van der Waals surface area contributed by atoms with E-state index in [4.69, 9.17) is 9.84 Å². The van der Waals surface area contributed by atoms with Crippen molar-refractivity contribution in [3.8, 4) is 5.75 Å². The van der Waals surface area contributed by atoms with Gasteiger partial charge >= 0.3 is 6.18 Å². The third kappa shape index (κ3) is 3.51. The molecule has 0 fully saturated rings. The van der Waals surface area contributed by atoms with Gasteiger partial charge in [0.2, 0.25) is 0 Å². The molecule has 0 spiro atoms. The number of benzene rings is 1. The van der Waals surface area contributed by atoms with Crippen LogP contribution in [0.2, 0.25) is 0 Å². The lowest BCUT2D eigenvalue weighted by molar-refractivity contribution is -0.139. The Labute approximate surface area is 113 Å². The van der Waals surface area contributed by atoms with Crippen LogP contribution in [0.1, 0.15) is 11.1 Å². The number of aromatic nitrogens is 2. The van der Waals surface area contributed by atoms with E-state index in [1.807, 2.05) is 0 Å². The number of aliphatic hydroxyl groups excluding tert-OH is 1. The molecule has 0 aliphatic heterocycles. The molecule has 1 heterocycles. The molecule has 2 aromatic rings. The van der Waals surface area contributed by atoms with Crippen molar-refractivity contribution >= 4 is 0 Å². The number of alkyl halides is 3. The quantitative estimate of drug-likeness (QED) is 0.917. The Hall–Kier alpha value is -2.02. The minimum Gasteiger partial charge on any atom is -0.491 e. The molecule has 108 valence electrons. The highest BCUT2D eigenvalue weighted by molar-refractivity contribution is 5.39. The minimum atomic E-state index is -4.50. The number of hydrogen-bond acceptors (Lipinski definition) is 3. The van der Waals surface area contributed by atoms with Gasteiger partial charge in [-0.2, -0.15) is 13.2 Å². The molecule has 0 aliphatic rings. The van der Waals surface area contributed by atoms with Crippen molar-refractivity contribution in [2.24, 2.45) is 0 Å². The second-order valence-electron chi connectivity index (χ2n) is 4.14. The van der Waals surface area contributed by atoms with E-state index in [0.717, 1.165) is 6.07 Å². The molecule has 7 heteroatoms. The summed E-state index contributed by atoms with van der Waals surface area (Å²) in [5.74, 6) is -0.277. The summed E-state index contributed by atoms with van der Waals surface area (Å²) < 4.78 is 45.5. The number of imidazole rings is 1. The number of ether oxygens (including phenoxy) is 1. The van der Waals surface area contributed by atoms with E-state index in [9.17, 15) is 13.2 Å². The summed E-state index contributed by atoms with van der Waals surface area (Å²) in [5, 5.41) is 8.63. The van der Waals surface area contributed by atoms with Gasteiger partial charge in [0.25, 0.3) is 0 Å². The highest BCUT2D eigenvalue weighted by Crippen LogP contribution is 2.36. The van der Waals surface area contributed by atoms with Gasteiger partial charge in [-0.3, -0.25) is 0 Å². The lowest BCUT2D eigenvalue weighted by Gasteiger charge is -2.15. The minimum absolute atomic E-state index is 0.177. The summed E-state index contributed by atoms with van der Waals surface area (Å²) in [5.41, 5.74) is -0.352. The largest absolute Gasteiger partial charge is 0.491 e. The predicted octanol–water partition coefficient (Wildman–Crippen LogP) is 2.32. The lowest BCUT2D eigenvalue weighted by Crippen LogP contribution is -2.12. The predicted molar refractivity (Wildman–Crippen MR) is 65.4 cm³/mol. The van der Waals surface area contributed by atoms with Crippen LogP contribution in [0.4, 0.5) is 13.2 Å². The summed E-state index contributed by atoms with van der Waals surface area (Å²) in [4.78, 5) is 3.84. The fourth-order valence-corrected chi connectivity index (χ4v) is 1.77. The van der Waals surface area contributed by atoms with Gasteiger partial charge in [-0.05, 0) is 17.7 Å². The van der Waals surface area contributed by atoms with Gasteiger partial charge in [-0.25, -0.2) is 4.98 Å². The van der Waals surface area contributed by atoms with Crippen LogP contribution in [0.15, 0.2) is 36.9 Å². The van der Waals surface area contributed by atoms with Crippen molar-refractivity contribution in [1.29, 1.82) is 0 Å². The zero-order valence-corrected chi connectivity index (χ0v) is 10.5. The van der Waals surface area contributed by atoms with Crippen LogP contribution in [0.25, 0.3) is 0 Å². The Morgan fingerprint density at radius 3 is 2.70 bits per heavy atom. The summed E-state index contributed by atoms with van der Waals surface area (Å²) in [6.45, 7) is -0.221. The normalized spacial score (nSPS) is 11.6. The first-order valence-electron chi connectivity index (χ1n) is 5.90. The summed E-state index contributed by atoms with van der Waals surface area (Å²) in [6, 6.07) is 3.87. The zero-order valence-electron chi connectivity index (χ0n) is 10.5. The number of nitrogens with zero attached hydrogens (tertiary/aromatic N) is 2. The van der Waals surface area contributed by atoms with Gasteiger partial charge in [0.15, 0.2) is 0 Å². The van der Waals surface area contributed by atoms with Gasteiger partial charge in [-0.15, -0.1) is 0 Å². The number of hydrogen-bond donors (Lipinski definition) is 1. The summed E-state index contributed by atoms with van der Waals surface area (Å²) in [7, 11) is 0. The second kappa shape index (κ2) is 5.96. The molecule has 0 radical (unpaired) electrons. The maximum Gasteiger partial charge on any atom is 0.419 e. The zero-order chi connectivity index (χ0) is 14.6. The Morgan fingerprint density at radius 2 is 2.10 bits per heavy atom. The molecular formula is C13H13F3N2O2. The molecule has 0 saturated carbocycles. The second-order valence-corrected chi connectivity index (χ2v) is 4.14. The molecule has 0 amide bonds. The smallest absolute Gasteiger partial charge is 0.419 e. The van der Waals surface area contributed by atoms with E-state index in [-0.39, 0.29) is 19.0 Å².